The van der Waals surface area contributed by atoms with Crippen LogP contribution in [0.4, 0.5) is 9.59 Å². The molecule has 0 aliphatic rings. The predicted octanol–water partition coefficient (Wildman–Crippen LogP) is 7.34. The second kappa shape index (κ2) is 12.4. The zero-order valence-corrected chi connectivity index (χ0v) is 25.9. The van der Waals surface area contributed by atoms with Crippen molar-refractivity contribution in [3.8, 4) is 22.6 Å². The number of hydrogen-bond acceptors (Lipinski definition) is 6. The molecule has 0 atom stereocenters. The third-order valence-corrected chi connectivity index (χ3v) is 7.88. The number of hydrogen-bond donors (Lipinski definition) is 0. The summed E-state index contributed by atoms with van der Waals surface area (Å²) in [6.45, 7) is 9.64. The van der Waals surface area contributed by atoms with E-state index in [1.54, 1.807) is 22.2 Å². The molecule has 4 aromatic rings. The minimum atomic E-state index is -0.464. The van der Waals surface area contributed by atoms with Gasteiger partial charge in [0.1, 0.15) is 0 Å². The van der Waals surface area contributed by atoms with E-state index >= 15 is 0 Å². The lowest BCUT2D eigenvalue weighted by Crippen LogP contribution is -2.33. The zero-order valence-electron chi connectivity index (χ0n) is 21.6. The summed E-state index contributed by atoms with van der Waals surface area (Å²) in [5.41, 5.74) is 2.34. The monoisotopic (exact) mass is 738 g/mol. The summed E-state index contributed by atoms with van der Waals surface area (Å²) in [7, 11) is 0. The number of benzene rings is 2. The number of pyridine rings is 2. The maximum Gasteiger partial charge on any atom is 0.415 e. The summed E-state index contributed by atoms with van der Waals surface area (Å²) < 4.78 is 13.6. The van der Waals surface area contributed by atoms with Gasteiger partial charge in [-0.25, -0.2) is 9.59 Å². The van der Waals surface area contributed by atoms with Crippen LogP contribution >= 0.6 is 45.2 Å². The summed E-state index contributed by atoms with van der Waals surface area (Å²) >= 11 is 4.34. The van der Waals surface area contributed by atoms with Crippen molar-refractivity contribution in [2.45, 2.75) is 27.7 Å². The van der Waals surface area contributed by atoms with Crippen LogP contribution in [0.15, 0.2) is 48.8 Å². The molecule has 4 rings (SSSR count). The Morgan fingerprint density at radius 2 is 1.08 bits per heavy atom. The minimum absolute atomic E-state index is 0.350. The maximum atomic E-state index is 13.2. The molecule has 2 amide bonds. The van der Waals surface area contributed by atoms with E-state index in [-0.39, 0.29) is 0 Å². The van der Waals surface area contributed by atoms with Gasteiger partial charge in [-0.05, 0) is 97.1 Å². The van der Waals surface area contributed by atoms with E-state index in [1.165, 1.54) is 0 Å². The highest BCUT2D eigenvalue weighted by Crippen LogP contribution is 2.48. The average Bonchev–Trinajstić information content (AvgIpc) is 2.91. The average molecular weight is 738 g/mol. The molecule has 198 valence electrons. The van der Waals surface area contributed by atoms with Crippen LogP contribution in [-0.4, -0.2) is 58.1 Å². The van der Waals surface area contributed by atoms with Gasteiger partial charge >= 0.3 is 12.2 Å². The number of carbonyl (C=O) groups is 2. The van der Waals surface area contributed by atoms with E-state index < -0.39 is 12.2 Å². The van der Waals surface area contributed by atoms with Crippen molar-refractivity contribution in [1.29, 1.82) is 0 Å². The Bertz CT molecular complexity index is 1390. The van der Waals surface area contributed by atoms with E-state index in [0.29, 0.717) is 59.8 Å². The quantitative estimate of drug-likeness (QED) is 0.185. The fourth-order valence-electron chi connectivity index (χ4n) is 4.28. The van der Waals surface area contributed by atoms with Gasteiger partial charge in [-0.1, -0.05) is 12.1 Å². The van der Waals surface area contributed by atoms with Gasteiger partial charge in [0.15, 0.2) is 11.5 Å². The standard InChI is InChI=1S/C28H28I2N4O4/c1-5-33(6-2)27(35)37-25-19(29)15-17-11-9-13-31-23(17)21(25)22-24-18(12-10-14-32-24)16-20(30)26(22)38-28(36)34(7-3)8-4/h9-16H,5-8H2,1-4H3. The van der Waals surface area contributed by atoms with Crippen molar-refractivity contribution < 1.29 is 19.1 Å². The first kappa shape index (κ1) is 28.3. The number of carbonyl (C=O) groups excluding carboxylic acids is 2. The lowest BCUT2D eigenvalue weighted by Gasteiger charge is -2.23. The molecule has 0 N–H and O–H groups in total. The van der Waals surface area contributed by atoms with Gasteiger partial charge in [0.2, 0.25) is 0 Å². The lowest BCUT2D eigenvalue weighted by molar-refractivity contribution is 0.155. The molecule has 0 spiro atoms. The molecule has 2 aromatic carbocycles. The van der Waals surface area contributed by atoms with Crippen molar-refractivity contribution in [2.75, 3.05) is 26.2 Å². The molecule has 0 radical (unpaired) electrons. The molecule has 0 fully saturated rings. The predicted molar refractivity (Wildman–Crippen MR) is 166 cm³/mol. The Balaban J connectivity index is 2.09. The topological polar surface area (TPSA) is 84.9 Å². The third kappa shape index (κ3) is 5.51. The van der Waals surface area contributed by atoms with Crippen molar-refractivity contribution >= 4 is 79.2 Å². The van der Waals surface area contributed by atoms with Crippen molar-refractivity contribution in [1.82, 2.24) is 19.8 Å². The van der Waals surface area contributed by atoms with Gasteiger partial charge in [-0.15, -0.1) is 0 Å². The van der Waals surface area contributed by atoms with Gasteiger partial charge in [0.05, 0.1) is 29.3 Å². The van der Waals surface area contributed by atoms with Crippen molar-refractivity contribution in [2.24, 2.45) is 0 Å². The van der Waals surface area contributed by atoms with E-state index in [1.807, 2.05) is 64.1 Å². The number of rotatable bonds is 7. The molecule has 38 heavy (non-hydrogen) atoms. The van der Waals surface area contributed by atoms with Crippen LogP contribution in [0.25, 0.3) is 32.9 Å². The summed E-state index contributed by atoms with van der Waals surface area (Å²) in [6, 6.07) is 11.5. The number of ether oxygens (including phenoxy) is 2. The van der Waals surface area contributed by atoms with Crippen LogP contribution in [0.1, 0.15) is 27.7 Å². The van der Waals surface area contributed by atoms with Gasteiger partial charge < -0.3 is 19.3 Å². The molecule has 0 saturated heterocycles. The van der Waals surface area contributed by atoms with E-state index in [4.69, 9.17) is 9.47 Å². The number of aromatic nitrogens is 2. The molecule has 0 bridgehead atoms. The Kier molecular flexibility index (Phi) is 9.23. The molecule has 0 aliphatic carbocycles. The van der Waals surface area contributed by atoms with Crippen LogP contribution in [-0.2, 0) is 0 Å². The van der Waals surface area contributed by atoms with Gasteiger partial charge in [-0.2, -0.15) is 0 Å². The minimum Gasteiger partial charge on any atom is -0.408 e. The molecule has 0 saturated carbocycles. The Morgan fingerprint density at radius 3 is 1.42 bits per heavy atom. The fraction of sp³-hybridized carbons (Fsp3) is 0.286. The molecule has 0 aliphatic heterocycles. The van der Waals surface area contributed by atoms with Crippen LogP contribution in [0, 0.1) is 7.14 Å². The van der Waals surface area contributed by atoms with E-state index in [2.05, 4.69) is 55.1 Å². The third-order valence-electron chi connectivity index (χ3n) is 6.28. The number of amides is 2. The number of fused-ring (bicyclic) bond motifs is 2. The maximum absolute atomic E-state index is 13.2. The second-order valence-electron chi connectivity index (χ2n) is 8.36. The van der Waals surface area contributed by atoms with Gasteiger partial charge in [0, 0.05) is 49.3 Å². The van der Waals surface area contributed by atoms with Crippen LogP contribution in [0.5, 0.6) is 11.5 Å². The Hall–Kier alpha value is -2.74. The first-order valence-corrected chi connectivity index (χ1v) is 14.6. The molecule has 0 unspecified atom stereocenters. The van der Waals surface area contributed by atoms with Crippen LogP contribution in [0.3, 0.4) is 0 Å². The molecule has 8 nitrogen and oxygen atoms in total. The molecule has 2 heterocycles. The Labute approximate surface area is 249 Å². The molecular weight excluding hydrogens is 710 g/mol. The highest BCUT2D eigenvalue weighted by atomic mass is 127. The first-order valence-electron chi connectivity index (χ1n) is 12.4. The molecule has 10 heteroatoms. The van der Waals surface area contributed by atoms with Crippen molar-refractivity contribution in [3.63, 3.8) is 0 Å². The van der Waals surface area contributed by atoms with Crippen LogP contribution in [0.2, 0.25) is 0 Å². The van der Waals surface area contributed by atoms with E-state index in [0.717, 1.165) is 17.9 Å². The van der Waals surface area contributed by atoms with Gasteiger partial charge in [-0.3, -0.25) is 9.97 Å². The lowest BCUT2D eigenvalue weighted by atomic mass is 9.97. The summed E-state index contributed by atoms with van der Waals surface area (Å²) in [5, 5.41) is 1.72. The summed E-state index contributed by atoms with van der Waals surface area (Å²) in [5.74, 6) is 0.700. The second-order valence-corrected chi connectivity index (χ2v) is 10.7. The summed E-state index contributed by atoms with van der Waals surface area (Å²) in [4.78, 5) is 38.9. The fourth-order valence-corrected chi connectivity index (χ4v) is 5.71. The highest BCUT2D eigenvalue weighted by molar-refractivity contribution is 14.1. The highest BCUT2D eigenvalue weighted by Gasteiger charge is 2.28. The SMILES string of the molecule is CCN(CC)C(=O)Oc1c(I)cc2cccnc2c1-c1c(OC(=O)N(CC)CC)c(I)cc2cccnc12. The number of halogens is 2. The van der Waals surface area contributed by atoms with Crippen molar-refractivity contribution in [3.05, 3.63) is 55.9 Å². The van der Waals surface area contributed by atoms with E-state index in [9.17, 15) is 9.59 Å². The molecule has 2 aromatic heterocycles. The molecular formula is C28H28I2N4O4. The largest absolute Gasteiger partial charge is 0.415 e. The van der Waals surface area contributed by atoms with Gasteiger partial charge in [0.25, 0.3) is 0 Å². The zero-order chi connectivity index (χ0) is 27.4. The van der Waals surface area contributed by atoms with Crippen LogP contribution < -0.4 is 9.47 Å². The number of nitrogens with zero attached hydrogens (tertiary/aromatic N) is 4. The smallest absolute Gasteiger partial charge is 0.408 e. The summed E-state index contributed by atoms with van der Waals surface area (Å²) in [6.07, 6.45) is 2.46. The first-order chi connectivity index (χ1) is 18.3. The normalized spacial score (nSPS) is 11.0. The Morgan fingerprint density at radius 1 is 0.711 bits per heavy atom.